The molecule has 1 aromatic heterocycles. The van der Waals surface area contributed by atoms with Crippen molar-refractivity contribution >= 4 is 34.6 Å². The number of nitrogens with two attached hydrogens (primary N) is 1. The maximum Gasteiger partial charge on any atom is 0.294 e. The highest BCUT2D eigenvalue weighted by atomic mass is 35.5. The van der Waals surface area contributed by atoms with Crippen molar-refractivity contribution in [2.75, 3.05) is 11.1 Å². The van der Waals surface area contributed by atoms with Crippen LogP contribution in [0.2, 0.25) is 5.02 Å². The molecule has 2 rings (SSSR count). The highest BCUT2D eigenvalue weighted by Gasteiger charge is 2.19. The number of nitro benzene ring substituents is 1. The Morgan fingerprint density at radius 3 is 2.80 bits per heavy atom. The van der Waals surface area contributed by atoms with Crippen LogP contribution in [0.15, 0.2) is 24.5 Å². The average molecular weight is 296 g/mol. The molecule has 20 heavy (non-hydrogen) atoms. The van der Waals surface area contributed by atoms with Crippen LogP contribution in [0.3, 0.4) is 0 Å². The molecule has 1 aromatic carbocycles. The van der Waals surface area contributed by atoms with E-state index in [-0.39, 0.29) is 16.3 Å². The number of rotatable bonds is 3. The van der Waals surface area contributed by atoms with E-state index in [0.29, 0.717) is 5.69 Å². The van der Waals surface area contributed by atoms with E-state index in [1.54, 1.807) is 13.2 Å². The molecule has 9 heteroatoms. The summed E-state index contributed by atoms with van der Waals surface area (Å²) in [5.74, 6) is -0.539. The van der Waals surface area contributed by atoms with Crippen LogP contribution >= 0.6 is 11.6 Å². The molecule has 0 radical (unpaired) electrons. The molecule has 0 aliphatic heterocycles. The van der Waals surface area contributed by atoms with Gasteiger partial charge in [0.15, 0.2) is 0 Å². The third kappa shape index (κ3) is 2.69. The Kier molecular flexibility index (Phi) is 3.57. The van der Waals surface area contributed by atoms with Crippen molar-refractivity contribution in [2.24, 2.45) is 7.05 Å². The summed E-state index contributed by atoms with van der Waals surface area (Å²) in [5, 5.41) is 17.2. The maximum absolute atomic E-state index is 12.0. The van der Waals surface area contributed by atoms with Crippen LogP contribution in [0, 0.1) is 10.1 Å². The number of carbonyl (C=O) groups is 1. The lowest BCUT2D eigenvalue weighted by atomic mass is 10.1. The van der Waals surface area contributed by atoms with Gasteiger partial charge in [0.2, 0.25) is 0 Å². The quantitative estimate of drug-likeness (QED) is 0.509. The first-order chi connectivity index (χ1) is 9.38. The first-order valence-corrected chi connectivity index (χ1v) is 5.79. The van der Waals surface area contributed by atoms with Crippen LogP contribution in [-0.2, 0) is 7.05 Å². The molecule has 2 aromatic rings. The molecule has 0 saturated carbocycles. The molecular formula is C11H10ClN5O3. The number of hydrogen-bond acceptors (Lipinski definition) is 5. The second-order valence-electron chi connectivity index (χ2n) is 4.00. The molecule has 0 saturated heterocycles. The number of carbonyl (C=O) groups excluding carboxylic acids is 1. The van der Waals surface area contributed by atoms with Gasteiger partial charge in [-0.15, -0.1) is 0 Å². The maximum atomic E-state index is 12.0. The lowest BCUT2D eigenvalue weighted by Crippen LogP contribution is -2.12. The van der Waals surface area contributed by atoms with Gasteiger partial charge < -0.3 is 11.1 Å². The average Bonchev–Trinajstić information content (AvgIpc) is 2.77. The number of aromatic nitrogens is 2. The topological polar surface area (TPSA) is 116 Å². The van der Waals surface area contributed by atoms with E-state index in [2.05, 4.69) is 10.4 Å². The molecule has 104 valence electrons. The normalized spacial score (nSPS) is 10.3. The van der Waals surface area contributed by atoms with Gasteiger partial charge in [-0.3, -0.25) is 19.6 Å². The fourth-order valence-electron chi connectivity index (χ4n) is 1.57. The molecule has 0 bridgehead atoms. The van der Waals surface area contributed by atoms with E-state index in [1.165, 1.54) is 16.9 Å². The third-order valence-corrected chi connectivity index (χ3v) is 2.84. The number of halogens is 1. The summed E-state index contributed by atoms with van der Waals surface area (Å²) in [5.41, 5.74) is 5.42. The van der Waals surface area contributed by atoms with E-state index >= 15 is 0 Å². The Morgan fingerprint density at radius 2 is 2.25 bits per heavy atom. The first kappa shape index (κ1) is 13.8. The van der Waals surface area contributed by atoms with Crippen LogP contribution in [-0.4, -0.2) is 20.6 Å². The van der Waals surface area contributed by atoms with Crippen LogP contribution in [0.25, 0.3) is 0 Å². The third-order valence-electron chi connectivity index (χ3n) is 2.53. The zero-order valence-electron chi connectivity index (χ0n) is 10.3. The number of amides is 1. The van der Waals surface area contributed by atoms with Gasteiger partial charge in [-0.05, 0) is 6.07 Å². The van der Waals surface area contributed by atoms with Crippen LogP contribution in [0.1, 0.15) is 10.4 Å². The smallest absolute Gasteiger partial charge is 0.294 e. The molecule has 0 aliphatic rings. The molecule has 0 spiro atoms. The molecule has 3 N–H and O–H groups in total. The van der Waals surface area contributed by atoms with Crippen LogP contribution in [0.5, 0.6) is 0 Å². The Hall–Kier alpha value is -2.61. The standard InChI is InChI=1S/C11H10ClN5O3/c1-16-5-7(4-14-16)15-11(18)6-2-8(12)10(13)9(3-6)17(19)20/h2-5H,13H2,1H3,(H,15,18). The molecule has 8 nitrogen and oxygen atoms in total. The van der Waals surface area contributed by atoms with Gasteiger partial charge in [-0.2, -0.15) is 5.10 Å². The number of anilines is 2. The molecule has 0 fully saturated rings. The van der Waals surface area contributed by atoms with Crippen molar-refractivity contribution in [3.8, 4) is 0 Å². The SMILES string of the molecule is Cn1cc(NC(=O)c2cc(Cl)c(N)c([N+](=O)[O-])c2)cn1. The van der Waals surface area contributed by atoms with Gasteiger partial charge in [0.05, 0.1) is 21.8 Å². The van der Waals surface area contributed by atoms with Gasteiger partial charge in [0.1, 0.15) is 5.69 Å². The van der Waals surface area contributed by atoms with E-state index in [1.807, 2.05) is 0 Å². The van der Waals surface area contributed by atoms with E-state index in [4.69, 9.17) is 17.3 Å². The van der Waals surface area contributed by atoms with Crippen molar-refractivity contribution in [3.63, 3.8) is 0 Å². The summed E-state index contributed by atoms with van der Waals surface area (Å²) in [6.45, 7) is 0. The number of nitrogens with zero attached hydrogens (tertiary/aromatic N) is 3. The number of aryl methyl sites for hydroxylation is 1. The lowest BCUT2D eigenvalue weighted by Gasteiger charge is -2.05. The van der Waals surface area contributed by atoms with Crippen molar-refractivity contribution in [3.05, 3.63) is 45.2 Å². The van der Waals surface area contributed by atoms with Gasteiger partial charge in [0.25, 0.3) is 11.6 Å². The minimum Gasteiger partial charge on any atom is -0.392 e. The second-order valence-corrected chi connectivity index (χ2v) is 4.41. The summed E-state index contributed by atoms with van der Waals surface area (Å²) in [4.78, 5) is 22.1. The van der Waals surface area contributed by atoms with Crippen LogP contribution in [0.4, 0.5) is 17.1 Å². The summed E-state index contributed by atoms with van der Waals surface area (Å²) in [7, 11) is 1.70. The van der Waals surface area contributed by atoms with Crippen molar-refractivity contribution in [2.45, 2.75) is 0 Å². The van der Waals surface area contributed by atoms with Crippen molar-refractivity contribution < 1.29 is 9.72 Å². The van der Waals surface area contributed by atoms with Gasteiger partial charge in [-0.25, -0.2) is 0 Å². The predicted molar refractivity (Wildman–Crippen MR) is 73.7 cm³/mol. The van der Waals surface area contributed by atoms with Crippen LogP contribution < -0.4 is 11.1 Å². The zero-order chi connectivity index (χ0) is 14.9. The van der Waals surface area contributed by atoms with Crippen molar-refractivity contribution in [1.29, 1.82) is 0 Å². The molecule has 0 atom stereocenters. The second kappa shape index (κ2) is 5.17. The minimum atomic E-state index is -0.692. The van der Waals surface area contributed by atoms with E-state index < -0.39 is 16.5 Å². The van der Waals surface area contributed by atoms with E-state index in [0.717, 1.165) is 6.07 Å². The fraction of sp³-hybridized carbons (Fsp3) is 0.0909. The number of nitrogens with one attached hydrogen (secondary N) is 1. The Balaban J connectivity index is 2.32. The van der Waals surface area contributed by atoms with Crippen molar-refractivity contribution in [1.82, 2.24) is 9.78 Å². The zero-order valence-corrected chi connectivity index (χ0v) is 11.1. The fourth-order valence-corrected chi connectivity index (χ4v) is 1.79. The molecular weight excluding hydrogens is 286 g/mol. The summed E-state index contributed by atoms with van der Waals surface area (Å²) in [6, 6.07) is 2.35. The van der Waals surface area contributed by atoms with Gasteiger partial charge >= 0.3 is 0 Å². The largest absolute Gasteiger partial charge is 0.392 e. The van der Waals surface area contributed by atoms with Gasteiger partial charge in [-0.1, -0.05) is 11.6 Å². The number of benzene rings is 1. The number of hydrogen-bond donors (Lipinski definition) is 2. The van der Waals surface area contributed by atoms with E-state index in [9.17, 15) is 14.9 Å². The first-order valence-electron chi connectivity index (χ1n) is 5.42. The predicted octanol–water partition coefficient (Wildman–Crippen LogP) is 1.82. The van der Waals surface area contributed by atoms with Gasteiger partial charge in [0, 0.05) is 24.9 Å². The number of nitro groups is 1. The highest BCUT2D eigenvalue weighted by molar-refractivity contribution is 6.34. The summed E-state index contributed by atoms with van der Waals surface area (Å²) >= 11 is 5.79. The Labute approximate surface area is 118 Å². The Morgan fingerprint density at radius 1 is 1.55 bits per heavy atom. The molecule has 1 amide bonds. The summed E-state index contributed by atoms with van der Waals surface area (Å²) < 4.78 is 1.51. The minimum absolute atomic E-state index is 0.0414. The monoisotopic (exact) mass is 295 g/mol. The Bertz CT molecular complexity index is 697. The lowest BCUT2D eigenvalue weighted by molar-refractivity contribution is -0.383. The molecule has 0 unspecified atom stereocenters. The molecule has 1 heterocycles. The highest BCUT2D eigenvalue weighted by Crippen LogP contribution is 2.31. The summed E-state index contributed by atoms with van der Waals surface area (Å²) in [6.07, 6.45) is 3.04. The molecule has 0 aliphatic carbocycles. The number of nitrogen functional groups attached to an aromatic ring is 1.